The summed E-state index contributed by atoms with van der Waals surface area (Å²) in [7, 11) is 0. The summed E-state index contributed by atoms with van der Waals surface area (Å²) in [6.45, 7) is 4.41. The second kappa shape index (κ2) is 9.01. The van der Waals surface area contributed by atoms with E-state index in [0.29, 0.717) is 45.4 Å². The van der Waals surface area contributed by atoms with Crippen LogP contribution in [0.2, 0.25) is 0 Å². The number of aromatic nitrogens is 2. The molecule has 1 amide bonds. The average Bonchev–Trinajstić information content (AvgIpc) is 3.14. The molecule has 7 nitrogen and oxygen atoms in total. The predicted molar refractivity (Wildman–Crippen MR) is 122 cm³/mol. The van der Waals surface area contributed by atoms with Crippen molar-refractivity contribution in [1.82, 2.24) is 9.97 Å². The third kappa shape index (κ3) is 4.59. The van der Waals surface area contributed by atoms with Gasteiger partial charge in [0.25, 0.3) is 5.56 Å². The molecule has 0 aliphatic carbocycles. The number of rotatable bonds is 6. The van der Waals surface area contributed by atoms with Crippen LogP contribution in [0.5, 0.6) is 11.5 Å². The molecule has 0 saturated heterocycles. The average molecular weight is 436 g/mol. The van der Waals surface area contributed by atoms with Gasteiger partial charge in [0.2, 0.25) is 0 Å². The molecule has 31 heavy (non-hydrogen) atoms. The highest BCUT2D eigenvalue weighted by molar-refractivity contribution is 7.16. The van der Waals surface area contributed by atoms with Gasteiger partial charge in [-0.25, -0.2) is 9.78 Å². The minimum atomic E-state index is -0.620. The van der Waals surface area contributed by atoms with Gasteiger partial charge in [-0.15, -0.1) is 11.3 Å². The van der Waals surface area contributed by atoms with Gasteiger partial charge < -0.3 is 14.5 Å². The minimum absolute atomic E-state index is 0.206. The Kier molecular flexibility index (Phi) is 5.99. The number of nitrogens with one attached hydrogen (secondary N) is 2. The van der Waals surface area contributed by atoms with Crippen molar-refractivity contribution in [2.45, 2.75) is 20.3 Å². The highest BCUT2D eigenvalue weighted by Crippen LogP contribution is 2.32. The Morgan fingerprint density at radius 3 is 2.77 bits per heavy atom. The summed E-state index contributed by atoms with van der Waals surface area (Å²) in [4.78, 5) is 33.0. The highest BCUT2D eigenvalue weighted by Gasteiger charge is 2.15. The second-order valence-electron chi connectivity index (χ2n) is 6.90. The molecule has 0 saturated carbocycles. The molecule has 0 bridgehead atoms. The van der Waals surface area contributed by atoms with Crippen LogP contribution in [-0.2, 0) is 0 Å². The fourth-order valence-electron chi connectivity index (χ4n) is 3.09. The molecule has 0 aliphatic rings. The van der Waals surface area contributed by atoms with Crippen molar-refractivity contribution in [3.05, 3.63) is 69.8 Å². The van der Waals surface area contributed by atoms with Crippen LogP contribution in [0, 0.1) is 6.92 Å². The first-order chi connectivity index (χ1) is 15.0. The van der Waals surface area contributed by atoms with E-state index in [1.165, 1.54) is 11.3 Å². The highest BCUT2D eigenvalue weighted by atomic mass is 32.1. The Bertz CT molecular complexity index is 1280. The normalized spacial score (nSPS) is 10.8. The Morgan fingerprint density at radius 2 is 2.00 bits per heavy atom. The van der Waals surface area contributed by atoms with E-state index in [2.05, 4.69) is 15.3 Å². The van der Waals surface area contributed by atoms with Crippen LogP contribution in [0.15, 0.2) is 58.7 Å². The molecule has 0 fully saturated rings. The first-order valence-corrected chi connectivity index (χ1v) is 10.7. The summed E-state index contributed by atoms with van der Waals surface area (Å²) < 4.78 is 11.1. The molecule has 0 aliphatic heterocycles. The lowest BCUT2D eigenvalue weighted by Gasteiger charge is -2.13. The van der Waals surface area contributed by atoms with Crippen molar-refractivity contribution < 1.29 is 14.3 Å². The molecule has 2 aromatic carbocycles. The van der Waals surface area contributed by atoms with Gasteiger partial charge in [-0.3, -0.25) is 10.1 Å². The van der Waals surface area contributed by atoms with Gasteiger partial charge in [-0.05, 0) is 54.6 Å². The molecule has 2 aromatic heterocycles. The van der Waals surface area contributed by atoms with E-state index in [9.17, 15) is 9.59 Å². The number of para-hydroxylation sites is 1. The lowest BCUT2D eigenvalue weighted by atomic mass is 10.1. The lowest BCUT2D eigenvalue weighted by Crippen LogP contribution is -2.17. The number of aromatic amines is 1. The summed E-state index contributed by atoms with van der Waals surface area (Å²) in [5.41, 5.74) is 1.75. The standard InChI is InChI=1S/C23H21N3O4S/c1-3-11-29-18-10-9-15(24-23(28)30-16-7-5-4-6-8-16)12-17(18)20-25-21(27)19-14(2)13-31-22(19)26-20/h4-10,12-13H,3,11H2,1-2H3,(H,24,28)(H,25,26,27). The van der Waals surface area contributed by atoms with Crippen molar-refractivity contribution in [3.8, 4) is 22.9 Å². The molecule has 0 unspecified atom stereocenters. The number of thiophene rings is 1. The molecule has 158 valence electrons. The van der Waals surface area contributed by atoms with Gasteiger partial charge in [-0.2, -0.15) is 0 Å². The van der Waals surface area contributed by atoms with Crippen LogP contribution in [0.3, 0.4) is 0 Å². The first-order valence-electron chi connectivity index (χ1n) is 9.84. The van der Waals surface area contributed by atoms with Crippen LogP contribution in [0.4, 0.5) is 10.5 Å². The van der Waals surface area contributed by atoms with Crippen LogP contribution >= 0.6 is 11.3 Å². The number of carbonyl (C=O) groups excluding carboxylic acids is 1. The number of amides is 1. The largest absolute Gasteiger partial charge is 0.493 e. The third-order valence-electron chi connectivity index (χ3n) is 4.52. The van der Waals surface area contributed by atoms with Crippen molar-refractivity contribution in [3.63, 3.8) is 0 Å². The zero-order valence-electron chi connectivity index (χ0n) is 17.1. The fourth-order valence-corrected chi connectivity index (χ4v) is 4.01. The Morgan fingerprint density at radius 1 is 1.19 bits per heavy atom. The maximum absolute atomic E-state index is 12.6. The van der Waals surface area contributed by atoms with Crippen molar-refractivity contribution >= 4 is 33.3 Å². The number of hydrogen-bond donors (Lipinski definition) is 2. The minimum Gasteiger partial charge on any atom is -0.493 e. The number of anilines is 1. The molecular weight excluding hydrogens is 414 g/mol. The second-order valence-corrected chi connectivity index (χ2v) is 7.76. The molecule has 2 N–H and O–H groups in total. The summed E-state index contributed by atoms with van der Waals surface area (Å²) >= 11 is 1.42. The van der Waals surface area contributed by atoms with Gasteiger partial charge in [0.1, 0.15) is 22.2 Å². The van der Waals surface area contributed by atoms with Crippen molar-refractivity contribution in [2.75, 3.05) is 11.9 Å². The van der Waals surface area contributed by atoms with Crippen LogP contribution in [0.25, 0.3) is 21.6 Å². The lowest BCUT2D eigenvalue weighted by molar-refractivity contribution is 0.215. The number of ether oxygens (including phenoxy) is 2. The number of fused-ring (bicyclic) bond motifs is 1. The monoisotopic (exact) mass is 435 g/mol. The number of hydrogen-bond acceptors (Lipinski definition) is 6. The van der Waals surface area contributed by atoms with Gasteiger partial charge in [0.15, 0.2) is 0 Å². The summed E-state index contributed by atoms with van der Waals surface area (Å²) in [6.07, 6.45) is 0.209. The molecule has 0 atom stereocenters. The maximum atomic E-state index is 12.6. The smallest absolute Gasteiger partial charge is 0.417 e. The van der Waals surface area contributed by atoms with Crippen molar-refractivity contribution in [2.24, 2.45) is 0 Å². The summed E-state index contributed by atoms with van der Waals surface area (Å²) in [6, 6.07) is 14.0. The van der Waals surface area contributed by atoms with E-state index in [0.717, 1.165) is 12.0 Å². The van der Waals surface area contributed by atoms with Crippen LogP contribution in [0.1, 0.15) is 18.9 Å². The number of aryl methyl sites for hydroxylation is 1. The zero-order valence-corrected chi connectivity index (χ0v) is 17.9. The molecular formula is C23H21N3O4S. The van der Waals surface area contributed by atoms with E-state index in [1.54, 1.807) is 42.5 Å². The third-order valence-corrected chi connectivity index (χ3v) is 5.51. The van der Waals surface area contributed by atoms with E-state index in [-0.39, 0.29) is 5.56 Å². The molecule has 8 heteroatoms. The Balaban J connectivity index is 1.68. The van der Waals surface area contributed by atoms with Gasteiger partial charge in [0.05, 0.1) is 17.6 Å². The summed E-state index contributed by atoms with van der Waals surface area (Å²) in [5, 5.41) is 5.20. The molecule has 4 aromatic rings. The Hall–Kier alpha value is -3.65. The predicted octanol–water partition coefficient (Wildman–Crippen LogP) is 5.36. The molecule has 2 heterocycles. The van der Waals surface area contributed by atoms with E-state index in [4.69, 9.17) is 9.47 Å². The molecule has 0 radical (unpaired) electrons. The summed E-state index contributed by atoms with van der Waals surface area (Å²) in [5.74, 6) is 1.39. The van der Waals surface area contributed by atoms with E-state index in [1.807, 2.05) is 25.3 Å². The number of H-pyrrole nitrogens is 1. The SMILES string of the molecule is CCCOc1ccc(NC(=O)Oc2ccccc2)cc1-c1nc2scc(C)c2c(=O)[nH]1. The van der Waals surface area contributed by atoms with Crippen LogP contribution in [-0.4, -0.2) is 22.7 Å². The van der Waals surface area contributed by atoms with Gasteiger partial charge in [0, 0.05) is 5.69 Å². The fraction of sp³-hybridized carbons (Fsp3) is 0.174. The van der Waals surface area contributed by atoms with E-state index >= 15 is 0 Å². The number of benzene rings is 2. The van der Waals surface area contributed by atoms with Gasteiger partial charge >= 0.3 is 6.09 Å². The van der Waals surface area contributed by atoms with Crippen molar-refractivity contribution in [1.29, 1.82) is 0 Å². The zero-order chi connectivity index (χ0) is 21.8. The number of carbonyl (C=O) groups is 1. The first kappa shape index (κ1) is 20.6. The van der Waals surface area contributed by atoms with E-state index < -0.39 is 6.09 Å². The molecule has 4 rings (SSSR count). The topological polar surface area (TPSA) is 93.3 Å². The number of nitrogens with zero attached hydrogens (tertiary/aromatic N) is 1. The van der Waals surface area contributed by atoms with Gasteiger partial charge in [-0.1, -0.05) is 25.1 Å². The van der Waals surface area contributed by atoms with Crippen LogP contribution < -0.4 is 20.3 Å². The quantitative estimate of drug-likeness (QED) is 0.425. The Labute approximate surface area is 182 Å². The molecule has 0 spiro atoms. The maximum Gasteiger partial charge on any atom is 0.417 e.